The molecule has 0 radical (unpaired) electrons. The number of anilines is 2. The van der Waals surface area contributed by atoms with Crippen molar-refractivity contribution in [3.63, 3.8) is 0 Å². The van der Waals surface area contributed by atoms with E-state index >= 15 is 0 Å². The van der Waals surface area contributed by atoms with E-state index in [-0.39, 0.29) is 18.0 Å². The van der Waals surface area contributed by atoms with Gasteiger partial charge in [0.05, 0.1) is 12.2 Å². The fourth-order valence-corrected chi connectivity index (χ4v) is 3.19. The van der Waals surface area contributed by atoms with Gasteiger partial charge in [0.25, 0.3) is 5.91 Å². The Hall–Kier alpha value is -2.94. The molecule has 0 aliphatic rings. The lowest BCUT2D eigenvalue weighted by Gasteiger charge is -2.08. The van der Waals surface area contributed by atoms with Gasteiger partial charge in [-0.2, -0.15) is 0 Å². The minimum absolute atomic E-state index is 0.0204. The van der Waals surface area contributed by atoms with E-state index in [2.05, 4.69) is 10.3 Å². The highest BCUT2D eigenvalue weighted by atomic mass is 32.1. The molecule has 0 fully saturated rings. The number of ether oxygens (including phenoxy) is 2. The maximum atomic E-state index is 12.1. The number of aryl methyl sites for hydroxylation is 1. The molecule has 2 rings (SSSR count). The number of thiophene rings is 1. The number of aromatic nitrogens is 1. The molecule has 8 nitrogen and oxygen atoms in total. The minimum atomic E-state index is -0.755. The molecule has 0 bridgehead atoms. The van der Waals surface area contributed by atoms with Crippen molar-refractivity contribution in [1.29, 1.82) is 0 Å². The number of hydrogen-bond acceptors (Lipinski definition) is 8. The Morgan fingerprint density at radius 2 is 1.96 bits per heavy atom. The zero-order valence-electron chi connectivity index (χ0n) is 14.6. The first-order valence-electron chi connectivity index (χ1n) is 7.79. The predicted molar refractivity (Wildman–Crippen MR) is 97.3 cm³/mol. The number of nitrogen functional groups attached to an aromatic ring is 1. The molecule has 0 aromatic carbocycles. The van der Waals surface area contributed by atoms with Crippen molar-refractivity contribution in [2.24, 2.45) is 0 Å². The van der Waals surface area contributed by atoms with Crippen molar-refractivity contribution >= 4 is 40.0 Å². The predicted octanol–water partition coefficient (Wildman–Crippen LogP) is 2.31. The van der Waals surface area contributed by atoms with Gasteiger partial charge in [-0.15, -0.1) is 11.3 Å². The van der Waals surface area contributed by atoms with Gasteiger partial charge in [-0.05, 0) is 38.5 Å². The highest BCUT2D eigenvalue weighted by Crippen LogP contribution is 2.33. The van der Waals surface area contributed by atoms with Crippen LogP contribution in [0.15, 0.2) is 18.3 Å². The van der Waals surface area contributed by atoms with Crippen molar-refractivity contribution in [2.45, 2.75) is 20.8 Å². The van der Waals surface area contributed by atoms with E-state index in [1.807, 2.05) is 6.92 Å². The van der Waals surface area contributed by atoms with Crippen LogP contribution in [0.4, 0.5) is 10.8 Å². The lowest BCUT2D eigenvalue weighted by Crippen LogP contribution is -2.22. The van der Waals surface area contributed by atoms with E-state index in [4.69, 9.17) is 15.2 Å². The molecular formula is C17H19N3O5S. The molecule has 0 atom stereocenters. The summed E-state index contributed by atoms with van der Waals surface area (Å²) in [7, 11) is 0. The molecule has 0 saturated carbocycles. The van der Waals surface area contributed by atoms with Crippen LogP contribution in [-0.2, 0) is 14.3 Å². The van der Waals surface area contributed by atoms with E-state index in [0.717, 1.165) is 10.4 Å². The largest absolute Gasteiger partial charge is 0.462 e. The summed E-state index contributed by atoms with van der Waals surface area (Å²) < 4.78 is 9.97. The maximum Gasteiger partial charge on any atom is 0.342 e. The molecule has 2 aromatic heterocycles. The Labute approximate surface area is 154 Å². The first-order chi connectivity index (χ1) is 12.3. The van der Waals surface area contributed by atoms with E-state index in [1.165, 1.54) is 29.7 Å². The molecule has 0 spiro atoms. The number of nitrogens with one attached hydrogen (secondary N) is 1. The average Bonchev–Trinajstić information content (AvgIpc) is 2.87. The molecule has 2 heterocycles. The van der Waals surface area contributed by atoms with E-state index in [1.54, 1.807) is 13.8 Å². The summed E-state index contributed by atoms with van der Waals surface area (Å²) in [6.45, 7) is 5.02. The second kappa shape index (κ2) is 8.43. The van der Waals surface area contributed by atoms with Gasteiger partial charge in [0.2, 0.25) is 0 Å². The summed E-state index contributed by atoms with van der Waals surface area (Å²) in [5, 5.41) is 2.95. The van der Waals surface area contributed by atoms with Gasteiger partial charge < -0.3 is 20.5 Å². The maximum absolute atomic E-state index is 12.1. The molecule has 1 amide bonds. The van der Waals surface area contributed by atoms with Crippen molar-refractivity contribution in [3.8, 4) is 0 Å². The summed E-state index contributed by atoms with van der Waals surface area (Å²) in [4.78, 5) is 40.8. The van der Waals surface area contributed by atoms with Crippen molar-refractivity contribution in [3.05, 3.63) is 39.9 Å². The van der Waals surface area contributed by atoms with Crippen molar-refractivity contribution in [2.75, 3.05) is 24.3 Å². The molecule has 0 unspecified atom stereocenters. The minimum Gasteiger partial charge on any atom is -0.462 e. The molecule has 2 aromatic rings. The van der Waals surface area contributed by atoms with E-state index in [9.17, 15) is 14.4 Å². The van der Waals surface area contributed by atoms with Gasteiger partial charge in [0.1, 0.15) is 16.4 Å². The second-order valence-corrected chi connectivity index (χ2v) is 6.49. The van der Waals surface area contributed by atoms with E-state index < -0.39 is 24.5 Å². The molecule has 138 valence electrons. The Kier molecular flexibility index (Phi) is 6.29. The highest BCUT2D eigenvalue weighted by molar-refractivity contribution is 7.16. The highest BCUT2D eigenvalue weighted by Gasteiger charge is 2.22. The van der Waals surface area contributed by atoms with Gasteiger partial charge in [-0.3, -0.25) is 4.79 Å². The third-order valence-corrected chi connectivity index (χ3v) is 4.63. The van der Waals surface area contributed by atoms with Crippen LogP contribution in [0.2, 0.25) is 0 Å². The molecule has 0 aliphatic heterocycles. The van der Waals surface area contributed by atoms with Crippen LogP contribution in [-0.4, -0.2) is 36.0 Å². The van der Waals surface area contributed by atoms with Crippen LogP contribution in [0.5, 0.6) is 0 Å². The van der Waals surface area contributed by atoms with E-state index in [0.29, 0.717) is 10.6 Å². The number of carbonyl (C=O) groups is 3. The summed E-state index contributed by atoms with van der Waals surface area (Å²) >= 11 is 1.25. The number of amides is 1. The number of hydrogen-bond donors (Lipinski definition) is 2. The average molecular weight is 377 g/mol. The van der Waals surface area contributed by atoms with Gasteiger partial charge in [0.15, 0.2) is 6.61 Å². The van der Waals surface area contributed by atoms with Gasteiger partial charge in [0, 0.05) is 11.1 Å². The van der Waals surface area contributed by atoms with Gasteiger partial charge >= 0.3 is 11.9 Å². The van der Waals surface area contributed by atoms with Gasteiger partial charge in [-0.25, -0.2) is 14.6 Å². The topological polar surface area (TPSA) is 121 Å². The fourth-order valence-electron chi connectivity index (χ4n) is 2.13. The second-order valence-electron chi connectivity index (χ2n) is 5.27. The zero-order valence-corrected chi connectivity index (χ0v) is 15.4. The molecule has 0 saturated heterocycles. The lowest BCUT2D eigenvalue weighted by molar-refractivity contribution is -0.119. The standard InChI is InChI=1S/C17H19N3O5S/c1-4-24-17(23)13-9(2)10(3)26-15(13)20-12(21)8-25-16(22)11-6-5-7-19-14(11)18/h5-7H,4,8H2,1-3H3,(H2,18,19)(H,20,21). The lowest BCUT2D eigenvalue weighted by atomic mass is 10.1. The Balaban J connectivity index is 2.04. The number of pyridine rings is 1. The van der Waals surface area contributed by atoms with Crippen molar-refractivity contribution in [1.82, 2.24) is 4.98 Å². The summed E-state index contributed by atoms with van der Waals surface area (Å²) in [6.07, 6.45) is 1.44. The summed E-state index contributed by atoms with van der Waals surface area (Å²) in [5.74, 6) is -1.82. The molecule has 9 heteroatoms. The molecule has 3 N–H and O–H groups in total. The van der Waals surface area contributed by atoms with Crippen LogP contribution < -0.4 is 11.1 Å². The molecule has 26 heavy (non-hydrogen) atoms. The SMILES string of the molecule is CCOC(=O)c1c(NC(=O)COC(=O)c2cccnc2N)sc(C)c1C. The summed E-state index contributed by atoms with van der Waals surface area (Å²) in [6, 6.07) is 2.99. The number of rotatable bonds is 6. The Bertz CT molecular complexity index is 847. The normalized spacial score (nSPS) is 10.3. The quantitative estimate of drug-likeness (QED) is 0.741. The van der Waals surface area contributed by atoms with Crippen LogP contribution >= 0.6 is 11.3 Å². The van der Waals surface area contributed by atoms with Gasteiger partial charge in [-0.1, -0.05) is 0 Å². The first kappa shape index (κ1) is 19.4. The molecule has 0 aliphatic carbocycles. The number of nitrogens with zero attached hydrogens (tertiary/aromatic N) is 1. The monoisotopic (exact) mass is 377 g/mol. The number of nitrogens with two attached hydrogens (primary N) is 1. The first-order valence-corrected chi connectivity index (χ1v) is 8.61. The van der Waals surface area contributed by atoms with Crippen LogP contribution in [0.3, 0.4) is 0 Å². The van der Waals surface area contributed by atoms with Crippen molar-refractivity contribution < 1.29 is 23.9 Å². The third kappa shape index (κ3) is 4.37. The Morgan fingerprint density at radius 3 is 2.62 bits per heavy atom. The number of carbonyl (C=O) groups excluding carboxylic acids is 3. The van der Waals surface area contributed by atoms with Crippen LogP contribution in [0.1, 0.15) is 38.1 Å². The fraction of sp³-hybridized carbons (Fsp3) is 0.294. The Morgan fingerprint density at radius 1 is 1.23 bits per heavy atom. The zero-order chi connectivity index (χ0) is 19.3. The van der Waals surface area contributed by atoms with Crippen LogP contribution in [0, 0.1) is 13.8 Å². The van der Waals surface area contributed by atoms with Crippen LogP contribution in [0.25, 0.3) is 0 Å². The third-order valence-electron chi connectivity index (χ3n) is 3.51. The number of esters is 2. The molecular weight excluding hydrogens is 358 g/mol. The smallest absolute Gasteiger partial charge is 0.342 e. The summed E-state index contributed by atoms with van der Waals surface area (Å²) in [5.41, 5.74) is 6.72.